The molecule has 0 saturated carbocycles. The lowest BCUT2D eigenvalue weighted by molar-refractivity contribution is -0.137. The Hall–Kier alpha value is -1.63. The van der Waals surface area contributed by atoms with Gasteiger partial charge >= 0.3 is 6.18 Å². The van der Waals surface area contributed by atoms with Crippen LogP contribution < -0.4 is 11.1 Å². The molecule has 0 aliphatic rings. The molecule has 3 nitrogen and oxygen atoms in total. The van der Waals surface area contributed by atoms with Crippen LogP contribution in [0.4, 0.5) is 13.2 Å². The van der Waals surface area contributed by atoms with Gasteiger partial charge in [-0.3, -0.25) is 4.79 Å². The molecule has 0 bridgehead atoms. The first kappa shape index (κ1) is 16.4. The SMILES string of the molecule is CCC(C(=O)NCc1ccc(C(F)(F)F)cc1)C(N)=S. The van der Waals surface area contributed by atoms with Crippen molar-refractivity contribution in [1.82, 2.24) is 5.32 Å². The number of benzene rings is 1. The second kappa shape index (κ2) is 6.69. The lowest BCUT2D eigenvalue weighted by Gasteiger charge is -2.13. The fourth-order valence-electron chi connectivity index (χ4n) is 1.64. The van der Waals surface area contributed by atoms with E-state index in [1.165, 1.54) is 12.1 Å². The Kier molecular flexibility index (Phi) is 5.50. The summed E-state index contributed by atoms with van der Waals surface area (Å²) in [6.07, 6.45) is -3.88. The molecule has 20 heavy (non-hydrogen) atoms. The van der Waals surface area contributed by atoms with Crippen molar-refractivity contribution >= 4 is 23.1 Å². The summed E-state index contributed by atoms with van der Waals surface area (Å²) >= 11 is 4.77. The van der Waals surface area contributed by atoms with Gasteiger partial charge < -0.3 is 11.1 Å². The highest BCUT2D eigenvalue weighted by molar-refractivity contribution is 7.80. The van der Waals surface area contributed by atoms with Crippen LogP contribution in [-0.2, 0) is 17.5 Å². The average molecular weight is 304 g/mol. The third-order valence-electron chi connectivity index (χ3n) is 2.82. The molecule has 110 valence electrons. The molecule has 7 heteroatoms. The van der Waals surface area contributed by atoms with Crippen LogP contribution in [0, 0.1) is 5.92 Å². The molecule has 1 rings (SSSR count). The number of rotatable bonds is 5. The molecule has 0 aliphatic heterocycles. The Labute approximate surface area is 120 Å². The van der Waals surface area contributed by atoms with Gasteiger partial charge in [0.25, 0.3) is 0 Å². The molecule has 0 saturated heterocycles. The van der Waals surface area contributed by atoms with E-state index in [4.69, 9.17) is 18.0 Å². The number of hydrogen-bond acceptors (Lipinski definition) is 2. The quantitative estimate of drug-likeness (QED) is 0.822. The van der Waals surface area contributed by atoms with Crippen LogP contribution in [0.15, 0.2) is 24.3 Å². The third-order valence-corrected chi connectivity index (χ3v) is 3.10. The van der Waals surface area contributed by atoms with Gasteiger partial charge in [-0.1, -0.05) is 31.3 Å². The highest BCUT2D eigenvalue weighted by atomic mass is 32.1. The molecule has 1 amide bonds. The van der Waals surface area contributed by atoms with Gasteiger partial charge in [-0.15, -0.1) is 0 Å². The number of nitrogens with one attached hydrogen (secondary N) is 1. The molecule has 3 N–H and O–H groups in total. The molecule has 0 fully saturated rings. The maximum Gasteiger partial charge on any atom is 0.416 e. The van der Waals surface area contributed by atoms with Crippen molar-refractivity contribution in [2.24, 2.45) is 11.7 Å². The first-order valence-corrected chi connectivity index (χ1v) is 6.39. The van der Waals surface area contributed by atoms with Crippen LogP contribution in [0.3, 0.4) is 0 Å². The van der Waals surface area contributed by atoms with Crippen molar-refractivity contribution in [2.75, 3.05) is 0 Å². The maximum atomic E-state index is 12.4. The van der Waals surface area contributed by atoms with Crippen molar-refractivity contribution in [3.63, 3.8) is 0 Å². The molecule has 0 aliphatic carbocycles. The molecule has 0 spiro atoms. The van der Waals surface area contributed by atoms with Crippen LogP contribution in [0.1, 0.15) is 24.5 Å². The van der Waals surface area contributed by atoms with E-state index in [0.717, 1.165) is 12.1 Å². The van der Waals surface area contributed by atoms with Gasteiger partial charge in [-0.2, -0.15) is 13.2 Å². The summed E-state index contributed by atoms with van der Waals surface area (Å²) < 4.78 is 37.1. The molecular formula is C13H15F3N2OS. The highest BCUT2D eigenvalue weighted by Crippen LogP contribution is 2.29. The van der Waals surface area contributed by atoms with E-state index in [9.17, 15) is 18.0 Å². The smallest absolute Gasteiger partial charge is 0.393 e. The summed E-state index contributed by atoms with van der Waals surface area (Å²) in [4.78, 5) is 11.9. The summed E-state index contributed by atoms with van der Waals surface area (Å²) in [7, 11) is 0. The summed E-state index contributed by atoms with van der Waals surface area (Å²) in [6, 6.07) is 4.61. The minimum absolute atomic E-state index is 0.109. The van der Waals surface area contributed by atoms with Gasteiger partial charge in [0.2, 0.25) is 5.91 Å². The van der Waals surface area contributed by atoms with E-state index in [0.29, 0.717) is 12.0 Å². The Morgan fingerprint density at radius 3 is 2.30 bits per heavy atom. The summed E-state index contributed by atoms with van der Waals surface area (Å²) in [5, 5.41) is 2.60. The largest absolute Gasteiger partial charge is 0.416 e. The number of carbonyl (C=O) groups excluding carboxylic acids is 1. The fraction of sp³-hybridized carbons (Fsp3) is 0.385. The molecule has 1 aromatic carbocycles. The van der Waals surface area contributed by atoms with Gasteiger partial charge in [0.1, 0.15) is 0 Å². The standard InChI is InChI=1S/C13H15F3N2OS/c1-2-10(11(17)20)12(19)18-7-8-3-5-9(6-4-8)13(14,15)16/h3-6,10H,2,7H2,1H3,(H2,17,20)(H,18,19). The molecule has 1 unspecified atom stereocenters. The van der Waals surface area contributed by atoms with E-state index < -0.39 is 17.7 Å². The average Bonchev–Trinajstić information content (AvgIpc) is 2.36. The zero-order valence-corrected chi connectivity index (χ0v) is 11.6. The summed E-state index contributed by atoms with van der Waals surface area (Å²) in [6.45, 7) is 1.91. The van der Waals surface area contributed by atoms with Gasteiger partial charge in [0, 0.05) is 6.54 Å². The van der Waals surface area contributed by atoms with Gasteiger partial charge in [-0.05, 0) is 24.1 Å². The van der Waals surface area contributed by atoms with Crippen molar-refractivity contribution in [2.45, 2.75) is 26.1 Å². The molecule has 1 atom stereocenters. The van der Waals surface area contributed by atoms with Crippen molar-refractivity contribution in [3.8, 4) is 0 Å². The molecule has 1 aromatic rings. The normalized spacial score (nSPS) is 12.8. The number of nitrogens with two attached hydrogens (primary N) is 1. The van der Waals surface area contributed by atoms with E-state index in [1.807, 2.05) is 0 Å². The number of carbonyl (C=O) groups is 1. The number of alkyl halides is 3. The van der Waals surface area contributed by atoms with E-state index in [2.05, 4.69) is 5.32 Å². The van der Waals surface area contributed by atoms with Crippen LogP contribution >= 0.6 is 12.2 Å². The van der Waals surface area contributed by atoms with Crippen molar-refractivity contribution in [3.05, 3.63) is 35.4 Å². The summed E-state index contributed by atoms with van der Waals surface area (Å²) in [5.74, 6) is -0.876. The van der Waals surface area contributed by atoms with Crippen LogP contribution in [-0.4, -0.2) is 10.9 Å². The topological polar surface area (TPSA) is 55.1 Å². The molecular weight excluding hydrogens is 289 g/mol. The second-order valence-electron chi connectivity index (χ2n) is 4.28. The van der Waals surface area contributed by atoms with Crippen molar-refractivity contribution < 1.29 is 18.0 Å². The number of hydrogen-bond donors (Lipinski definition) is 2. The Bertz CT molecular complexity index is 485. The lowest BCUT2D eigenvalue weighted by Crippen LogP contribution is -2.37. The monoisotopic (exact) mass is 304 g/mol. The predicted octanol–water partition coefficient (Wildman–Crippen LogP) is 2.63. The number of amides is 1. The summed E-state index contributed by atoms with van der Waals surface area (Å²) in [5.41, 5.74) is 5.28. The molecule has 0 heterocycles. The van der Waals surface area contributed by atoms with Crippen LogP contribution in [0.25, 0.3) is 0 Å². The number of thiocarbonyl (C=S) groups is 1. The first-order chi connectivity index (χ1) is 9.25. The van der Waals surface area contributed by atoms with Crippen LogP contribution in [0.2, 0.25) is 0 Å². The predicted molar refractivity (Wildman–Crippen MR) is 73.9 cm³/mol. The molecule has 0 radical (unpaired) electrons. The second-order valence-corrected chi connectivity index (χ2v) is 4.75. The Balaban J connectivity index is 2.62. The minimum Gasteiger partial charge on any atom is -0.393 e. The lowest BCUT2D eigenvalue weighted by atomic mass is 10.1. The zero-order valence-electron chi connectivity index (χ0n) is 10.8. The maximum absolute atomic E-state index is 12.4. The first-order valence-electron chi connectivity index (χ1n) is 5.99. The van der Waals surface area contributed by atoms with Gasteiger partial charge in [-0.25, -0.2) is 0 Å². The van der Waals surface area contributed by atoms with Gasteiger partial charge in [0.05, 0.1) is 16.5 Å². The Morgan fingerprint density at radius 2 is 1.90 bits per heavy atom. The molecule has 0 aromatic heterocycles. The zero-order chi connectivity index (χ0) is 15.3. The van der Waals surface area contributed by atoms with E-state index in [-0.39, 0.29) is 17.4 Å². The minimum atomic E-state index is -4.36. The third kappa shape index (κ3) is 4.48. The fourth-order valence-corrected chi connectivity index (χ4v) is 1.91. The van der Waals surface area contributed by atoms with E-state index >= 15 is 0 Å². The van der Waals surface area contributed by atoms with Crippen molar-refractivity contribution in [1.29, 1.82) is 0 Å². The van der Waals surface area contributed by atoms with Gasteiger partial charge in [0.15, 0.2) is 0 Å². The van der Waals surface area contributed by atoms with E-state index in [1.54, 1.807) is 6.92 Å². The van der Waals surface area contributed by atoms with Crippen LogP contribution in [0.5, 0.6) is 0 Å². The Morgan fingerprint density at radius 1 is 1.35 bits per heavy atom. The highest BCUT2D eigenvalue weighted by Gasteiger charge is 2.29. The number of halogens is 3.